The summed E-state index contributed by atoms with van der Waals surface area (Å²) in [4.78, 5) is 21.9. The number of aromatic nitrogens is 2. The van der Waals surface area contributed by atoms with Crippen molar-refractivity contribution in [1.29, 1.82) is 0 Å². The minimum absolute atomic E-state index is 0.0198. The zero-order chi connectivity index (χ0) is 17.0. The monoisotopic (exact) mass is 337 g/mol. The van der Waals surface area contributed by atoms with Gasteiger partial charge in [0.05, 0.1) is 13.2 Å². The second-order valence-electron chi connectivity index (χ2n) is 7.03. The molecule has 2 amide bonds. The maximum Gasteiger partial charge on any atom is 0.314 e. The fraction of sp³-hybridized carbons (Fsp3) is 0.688. The number of amides is 2. The summed E-state index contributed by atoms with van der Waals surface area (Å²) in [6.45, 7) is 5.39. The molecule has 132 valence electrons. The number of urea groups is 1. The molecule has 2 atom stereocenters. The van der Waals surface area contributed by atoms with Gasteiger partial charge in [-0.3, -0.25) is 4.90 Å². The van der Waals surface area contributed by atoms with E-state index >= 15 is 0 Å². The van der Waals surface area contributed by atoms with E-state index in [1.165, 1.54) is 6.33 Å². The van der Waals surface area contributed by atoms with Crippen molar-refractivity contribution in [1.82, 2.24) is 25.5 Å². The Morgan fingerprint density at radius 2 is 2.17 bits per heavy atom. The molecule has 3 rings (SSSR count). The van der Waals surface area contributed by atoms with E-state index in [0.29, 0.717) is 45.8 Å². The van der Waals surface area contributed by atoms with Crippen molar-refractivity contribution < 1.29 is 13.9 Å². The Balaban J connectivity index is 1.45. The highest BCUT2D eigenvalue weighted by Crippen LogP contribution is 2.25. The first kappa shape index (κ1) is 17.0. The number of alkyl halides is 1. The van der Waals surface area contributed by atoms with Crippen molar-refractivity contribution in [2.75, 3.05) is 32.8 Å². The Hall–Kier alpha value is -1.80. The molecule has 0 spiro atoms. The van der Waals surface area contributed by atoms with E-state index in [2.05, 4.69) is 27.5 Å². The van der Waals surface area contributed by atoms with Gasteiger partial charge in [-0.1, -0.05) is 6.92 Å². The summed E-state index contributed by atoms with van der Waals surface area (Å²) >= 11 is 0. The third-order valence-corrected chi connectivity index (χ3v) is 4.55. The highest BCUT2D eigenvalue weighted by molar-refractivity contribution is 5.73. The number of carbonyl (C=O) groups is 1. The number of nitrogens with one attached hydrogen (secondary N) is 2. The number of hydrogen-bond donors (Lipinski definition) is 2. The van der Waals surface area contributed by atoms with E-state index in [0.717, 1.165) is 5.56 Å². The third-order valence-electron chi connectivity index (χ3n) is 4.55. The maximum atomic E-state index is 13.8. The van der Waals surface area contributed by atoms with E-state index in [4.69, 9.17) is 4.74 Å². The molecule has 1 aromatic heterocycles. The summed E-state index contributed by atoms with van der Waals surface area (Å²) in [5.74, 6) is 0. The Morgan fingerprint density at radius 3 is 2.83 bits per heavy atom. The van der Waals surface area contributed by atoms with Crippen LogP contribution in [0.4, 0.5) is 9.18 Å². The quantitative estimate of drug-likeness (QED) is 0.800. The SMILES string of the molecule is CC1(CNC(=O)NC[C@@H]2C[C@H](F)CN2Cc2cncnc2)COC1. The lowest BCUT2D eigenvalue weighted by Crippen LogP contribution is -2.51. The molecular formula is C16H24FN5O2. The molecule has 0 saturated carbocycles. The molecule has 2 N–H and O–H groups in total. The van der Waals surface area contributed by atoms with Gasteiger partial charge in [0.1, 0.15) is 12.5 Å². The summed E-state index contributed by atoms with van der Waals surface area (Å²) in [6.07, 6.45) is 4.51. The largest absolute Gasteiger partial charge is 0.380 e. The minimum atomic E-state index is -0.865. The van der Waals surface area contributed by atoms with Crippen LogP contribution in [-0.4, -0.2) is 66.0 Å². The summed E-state index contributed by atoms with van der Waals surface area (Å²) in [5, 5.41) is 5.71. The van der Waals surface area contributed by atoms with Crippen molar-refractivity contribution in [2.24, 2.45) is 5.41 Å². The molecular weight excluding hydrogens is 313 g/mol. The Kier molecular flexibility index (Phi) is 5.25. The van der Waals surface area contributed by atoms with Crippen LogP contribution < -0.4 is 10.6 Å². The first-order chi connectivity index (χ1) is 11.5. The van der Waals surface area contributed by atoms with Crippen LogP contribution in [0.5, 0.6) is 0 Å². The van der Waals surface area contributed by atoms with Crippen molar-refractivity contribution in [2.45, 2.75) is 32.1 Å². The Labute approximate surface area is 141 Å². The highest BCUT2D eigenvalue weighted by Gasteiger charge is 2.34. The first-order valence-electron chi connectivity index (χ1n) is 8.25. The van der Waals surface area contributed by atoms with Crippen LogP contribution in [0, 0.1) is 5.41 Å². The molecule has 7 nitrogen and oxygen atoms in total. The van der Waals surface area contributed by atoms with Crippen LogP contribution in [0.1, 0.15) is 18.9 Å². The van der Waals surface area contributed by atoms with Gasteiger partial charge in [0.15, 0.2) is 0 Å². The molecule has 0 radical (unpaired) electrons. The van der Waals surface area contributed by atoms with Gasteiger partial charge in [-0.05, 0) is 6.42 Å². The van der Waals surface area contributed by atoms with E-state index in [1.54, 1.807) is 12.4 Å². The zero-order valence-corrected chi connectivity index (χ0v) is 13.9. The summed E-state index contributed by atoms with van der Waals surface area (Å²) in [7, 11) is 0. The fourth-order valence-corrected chi connectivity index (χ4v) is 3.09. The summed E-state index contributed by atoms with van der Waals surface area (Å²) in [6, 6.07) is -0.234. The minimum Gasteiger partial charge on any atom is -0.380 e. The van der Waals surface area contributed by atoms with Crippen LogP contribution in [0.25, 0.3) is 0 Å². The average Bonchev–Trinajstić information content (AvgIpc) is 2.89. The topological polar surface area (TPSA) is 79.4 Å². The molecule has 1 aromatic rings. The lowest BCUT2D eigenvalue weighted by atomic mass is 9.89. The van der Waals surface area contributed by atoms with E-state index in [9.17, 15) is 9.18 Å². The number of halogens is 1. The van der Waals surface area contributed by atoms with Crippen LogP contribution in [-0.2, 0) is 11.3 Å². The molecule has 2 saturated heterocycles. The van der Waals surface area contributed by atoms with Gasteiger partial charge < -0.3 is 15.4 Å². The molecule has 0 bridgehead atoms. The van der Waals surface area contributed by atoms with Gasteiger partial charge in [0, 0.05) is 55.6 Å². The van der Waals surface area contributed by atoms with Crippen LogP contribution >= 0.6 is 0 Å². The lowest BCUT2D eigenvalue weighted by molar-refractivity contribution is -0.0975. The van der Waals surface area contributed by atoms with Gasteiger partial charge in [-0.25, -0.2) is 19.2 Å². The number of hydrogen-bond acceptors (Lipinski definition) is 5. The van der Waals surface area contributed by atoms with Gasteiger partial charge in [0.25, 0.3) is 0 Å². The van der Waals surface area contributed by atoms with Crippen molar-refractivity contribution in [3.05, 3.63) is 24.3 Å². The highest BCUT2D eigenvalue weighted by atomic mass is 19.1. The average molecular weight is 337 g/mol. The maximum absolute atomic E-state index is 13.8. The van der Waals surface area contributed by atoms with Crippen molar-refractivity contribution >= 4 is 6.03 Å². The molecule has 0 unspecified atom stereocenters. The second-order valence-corrected chi connectivity index (χ2v) is 7.03. The molecule has 0 aromatic carbocycles. The molecule has 2 aliphatic rings. The van der Waals surface area contributed by atoms with Gasteiger partial charge in [-0.2, -0.15) is 0 Å². The predicted octanol–water partition coefficient (Wildman–Crippen LogP) is 0.725. The van der Waals surface area contributed by atoms with Crippen LogP contribution in [0.15, 0.2) is 18.7 Å². The molecule has 2 aliphatic heterocycles. The predicted molar refractivity (Wildman–Crippen MR) is 86.1 cm³/mol. The molecule has 0 aliphatic carbocycles. The normalized spacial score (nSPS) is 25.9. The van der Waals surface area contributed by atoms with Gasteiger partial charge in [0.2, 0.25) is 0 Å². The van der Waals surface area contributed by atoms with E-state index in [1.807, 2.05) is 4.90 Å². The van der Waals surface area contributed by atoms with E-state index in [-0.39, 0.29) is 17.5 Å². The van der Waals surface area contributed by atoms with Crippen molar-refractivity contribution in [3.63, 3.8) is 0 Å². The summed E-state index contributed by atoms with van der Waals surface area (Å²) < 4.78 is 19.0. The molecule has 8 heteroatoms. The third kappa shape index (κ3) is 4.39. The Bertz CT molecular complexity index is 555. The van der Waals surface area contributed by atoms with Crippen LogP contribution in [0.3, 0.4) is 0 Å². The second kappa shape index (κ2) is 7.40. The van der Waals surface area contributed by atoms with Crippen molar-refractivity contribution in [3.8, 4) is 0 Å². The fourth-order valence-electron chi connectivity index (χ4n) is 3.09. The molecule has 24 heavy (non-hydrogen) atoms. The summed E-state index contributed by atoms with van der Waals surface area (Å²) in [5.41, 5.74) is 0.979. The first-order valence-corrected chi connectivity index (χ1v) is 8.25. The van der Waals surface area contributed by atoms with E-state index < -0.39 is 6.17 Å². The zero-order valence-electron chi connectivity index (χ0n) is 13.9. The number of ether oxygens (including phenoxy) is 1. The number of likely N-dealkylation sites (tertiary alicyclic amines) is 1. The Morgan fingerprint density at radius 1 is 1.42 bits per heavy atom. The number of rotatable bonds is 6. The smallest absolute Gasteiger partial charge is 0.314 e. The molecule has 2 fully saturated rings. The van der Waals surface area contributed by atoms with Crippen LogP contribution in [0.2, 0.25) is 0 Å². The lowest BCUT2D eigenvalue weighted by Gasteiger charge is -2.38. The molecule has 3 heterocycles. The van der Waals surface area contributed by atoms with Gasteiger partial charge >= 0.3 is 6.03 Å². The standard InChI is InChI=1S/C16H24FN5O2/c1-16(9-24-10-16)8-21-15(23)20-5-14-2-13(17)7-22(14)6-12-3-18-11-19-4-12/h3-4,11,13-14H,2,5-10H2,1H3,(H2,20,21,23)/t13-,14-/m0/s1. The number of nitrogens with zero attached hydrogens (tertiary/aromatic N) is 3. The van der Waals surface area contributed by atoms with Gasteiger partial charge in [-0.15, -0.1) is 0 Å². The number of carbonyl (C=O) groups excluding carboxylic acids is 1.